The topological polar surface area (TPSA) is 61.4 Å². The predicted molar refractivity (Wildman–Crippen MR) is 107 cm³/mol. The number of pyridine rings is 1. The van der Waals surface area contributed by atoms with E-state index in [4.69, 9.17) is 0 Å². The summed E-state index contributed by atoms with van der Waals surface area (Å²) in [6.07, 6.45) is 8.34. The largest absolute Gasteiger partial charge is 0.274 e. The van der Waals surface area contributed by atoms with Gasteiger partial charge >= 0.3 is 0 Å². The van der Waals surface area contributed by atoms with Crippen molar-refractivity contribution in [3.63, 3.8) is 0 Å². The Bertz CT molecular complexity index is 1110. The minimum Gasteiger partial charge on any atom is -0.274 e. The van der Waals surface area contributed by atoms with Gasteiger partial charge in [0.1, 0.15) is 11.4 Å². The lowest BCUT2D eigenvalue weighted by atomic mass is 10.1. The second-order valence-electron chi connectivity index (χ2n) is 7.56. The third kappa shape index (κ3) is 3.11. The average Bonchev–Trinajstić information content (AvgIpc) is 3.27. The lowest BCUT2D eigenvalue weighted by Crippen LogP contribution is -2.15. The van der Waals surface area contributed by atoms with E-state index in [9.17, 15) is 0 Å². The van der Waals surface area contributed by atoms with Crippen LogP contribution < -0.4 is 0 Å². The van der Waals surface area contributed by atoms with Crippen molar-refractivity contribution < 1.29 is 0 Å². The maximum absolute atomic E-state index is 4.66. The number of rotatable bonds is 5. The fourth-order valence-corrected chi connectivity index (χ4v) is 3.75. The van der Waals surface area contributed by atoms with Crippen LogP contribution in [0.3, 0.4) is 0 Å². The van der Waals surface area contributed by atoms with E-state index in [-0.39, 0.29) is 6.04 Å². The van der Waals surface area contributed by atoms with Crippen LogP contribution in [0.25, 0.3) is 22.5 Å². The molecular weight excluding hydrogens is 348 g/mol. The molecule has 0 bridgehead atoms. The third-order valence-corrected chi connectivity index (χ3v) is 5.26. The minimum absolute atomic E-state index is 0.137. The number of aryl methyl sites for hydroxylation is 2. The van der Waals surface area contributed by atoms with E-state index < -0.39 is 0 Å². The van der Waals surface area contributed by atoms with E-state index >= 15 is 0 Å². The van der Waals surface area contributed by atoms with Crippen LogP contribution in [0.2, 0.25) is 0 Å². The van der Waals surface area contributed by atoms with Crippen molar-refractivity contribution in [3.05, 3.63) is 72.3 Å². The average molecular weight is 370 g/mol. The van der Waals surface area contributed by atoms with Crippen LogP contribution in [0.1, 0.15) is 30.1 Å². The van der Waals surface area contributed by atoms with Gasteiger partial charge in [0.25, 0.3) is 0 Å². The monoisotopic (exact) mass is 370 g/mol. The summed E-state index contributed by atoms with van der Waals surface area (Å²) in [6.45, 7) is 2.10. The highest BCUT2D eigenvalue weighted by Crippen LogP contribution is 2.43. The van der Waals surface area contributed by atoms with Crippen LogP contribution in [0.5, 0.6) is 0 Å². The normalized spacial score (nSPS) is 14.9. The molecule has 5 rings (SSSR count). The summed E-state index contributed by atoms with van der Waals surface area (Å²) in [4.78, 5) is 4.62. The van der Waals surface area contributed by atoms with Crippen molar-refractivity contribution in [2.45, 2.75) is 25.8 Å². The van der Waals surface area contributed by atoms with Crippen molar-refractivity contribution >= 4 is 0 Å². The van der Waals surface area contributed by atoms with Crippen LogP contribution in [0.15, 0.2) is 61.1 Å². The van der Waals surface area contributed by atoms with Crippen LogP contribution in [0, 0.1) is 12.8 Å². The number of aromatic nitrogens is 6. The van der Waals surface area contributed by atoms with E-state index in [0.717, 1.165) is 28.2 Å². The van der Waals surface area contributed by atoms with Gasteiger partial charge < -0.3 is 0 Å². The first-order valence-corrected chi connectivity index (χ1v) is 9.63. The molecule has 28 heavy (non-hydrogen) atoms. The number of nitrogens with zero attached hydrogens (tertiary/aromatic N) is 6. The van der Waals surface area contributed by atoms with Gasteiger partial charge in [-0.25, -0.2) is 4.68 Å². The first kappa shape index (κ1) is 16.9. The Morgan fingerprint density at radius 1 is 1.07 bits per heavy atom. The van der Waals surface area contributed by atoms with E-state index in [1.807, 2.05) is 59.3 Å². The van der Waals surface area contributed by atoms with Crippen LogP contribution in [-0.4, -0.2) is 29.8 Å². The molecule has 1 aromatic carbocycles. The second-order valence-corrected chi connectivity index (χ2v) is 7.56. The molecule has 3 aromatic heterocycles. The van der Waals surface area contributed by atoms with Gasteiger partial charge in [0.15, 0.2) is 0 Å². The van der Waals surface area contributed by atoms with Gasteiger partial charge in [-0.2, -0.15) is 5.10 Å². The molecule has 0 spiro atoms. The fourth-order valence-electron chi connectivity index (χ4n) is 3.75. The Hall–Kier alpha value is -3.28. The smallest absolute Gasteiger partial charge is 0.116 e. The molecule has 0 aliphatic heterocycles. The molecule has 6 heteroatoms. The Morgan fingerprint density at radius 2 is 1.89 bits per heavy atom. The molecule has 6 nitrogen and oxygen atoms in total. The first-order chi connectivity index (χ1) is 13.7. The molecule has 0 N–H and O–H groups in total. The van der Waals surface area contributed by atoms with Gasteiger partial charge in [0.05, 0.1) is 17.9 Å². The molecule has 0 saturated heterocycles. The summed E-state index contributed by atoms with van der Waals surface area (Å²) in [6, 6.07) is 14.5. The molecule has 3 heterocycles. The lowest BCUT2D eigenvalue weighted by molar-refractivity contribution is 0.448. The van der Waals surface area contributed by atoms with E-state index in [2.05, 4.69) is 45.5 Å². The highest BCUT2D eigenvalue weighted by molar-refractivity contribution is 5.78. The summed E-state index contributed by atoms with van der Waals surface area (Å²) < 4.78 is 3.81. The molecule has 4 aromatic rings. The van der Waals surface area contributed by atoms with Crippen molar-refractivity contribution in [1.82, 2.24) is 29.8 Å². The van der Waals surface area contributed by atoms with Crippen LogP contribution in [-0.2, 0) is 7.05 Å². The van der Waals surface area contributed by atoms with Gasteiger partial charge in [-0.3, -0.25) is 9.67 Å². The maximum atomic E-state index is 4.66. The van der Waals surface area contributed by atoms with Gasteiger partial charge in [-0.15, -0.1) is 5.10 Å². The van der Waals surface area contributed by atoms with Crippen LogP contribution in [0.4, 0.5) is 0 Å². The minimum atomic E-state index is 0.137. The Labute approximate surface area is 163 Å². The fraction of sp³-hybridized carbons (Fsp3) is 0.273. The summed E-state index contributed by atoms with van der Waals surface area (Å²) in [5.41, 5.74) is 6.11. The molecule has 140 valence electrons. The van der Waals surface area contributed by atoms with Crippen molar-refractivity contribution in [2.75, 3.05) is 0 Å². The number of benzene rings is 1. The van der Waals surface area contributed by atoms with E-state index in [0.29, 0.717) is 5.92 Å². The van der Waals surface area contributed by atoms with Gasteiger partial charge in [0.2, 0.25) is 0 Å². The third-order valence-electron chi connectivity index (χ3n) is 5.26. The van der Waals surface area contributed by atoms with Gasteiger partial charge in [-0.05, 0) is 43.4 Å². The van der Waals surface area contributed by atoms with Crippen molar-refractivity contribution in [1.29, 1.82) is 0 Å². The summed E-state index contributed by atoms with van der Waals surface area (Å²) in [7, 11) is 1.93. The lowest BCUT2D eigenvalue weighted by Gasteiger charge is -2.16. The number of hydrogen-bond acceptors (Lipinski definition) is 4. The quantitative estimate of drug-likeness (QED) is 0.532. The molecule has 1 aliphatic rings. The Balaban J connectivity index is 1.55. The SMILES string of the molecule is Cc1ccnc([C@@H](C2CC2)n2cc(-c3cn(C)nc3-c3ccccc3)nn2)c1. The van der Waals surface area contributed by atoms with Crippen molar-refractivity contribution in [3.8, 4) is 22.5 Å². The van der Waals surface area contributed by atoms with Crippen molar-refractivity contribution in [2.24, 2.45) is 13.0 Å². The zero-order valence-electron chi connectivity index (χ0n) is 16.0. The zero-order valence-corrected chi connectivity index (χ0v) is 16.0. The molecular formula is C22H22N6. The first-order valence-electron chi connectivity index (χ1n) is 9.63. The molecule has 1 fully saturated rings. The highest BCUT2D eigenvalue weighted by Gasteiger charge is 2.35. The second kappa shape index (κ2) is 6.71. The standard InChI is InChI=1S/C22H22N6/c1-15-10-11-23-19(12-15)22(17-8-9-17)28-14-20(24-26-28)18-13-27(2)25-21(18)16-6-4-3-5-7-16/h3-7,10-14,17,22H,8-9H2,1-2H3/t22-/m1/s1. The highest BCUT2D eigenvalue weighted by atomic mass is 15.4. The van der Waals surface area contributed by atoms with Gasteiger partial charge in [-0.1, -0.05) is 35.5 Å². The van der Waals surface area contributed by atoms with E-state index in [1.165, 1.54) is 18.4 Å². The van der Waals surface area contributed by atoms with Gasteiger partial charge in [0, 0.05) is 30.6 Å². The summed E-state index contributed by atoms with van der Waals surface area (Å²) >= 11 is 0. The molecule has 0 unspecified atom stereocenters. The summed E-state index contributed by atoms with van der Waals surface area (Å²) in [5.74, 6) is 0.575. The Kier molecular flexibility index (Phi) is 4.04. The molecule has 1 atom stereocenters. The van der Waals surface area contributed by atoms with E-state index in [1.54, 1.807) is 0 Å². The molecule has 0 radical (unpaired) electrons. The molecule has 1 aliphatic carbocycles. The number of hydrogen-bond donors (Lipinski definition) is 0. The molecule has 0 amide bonds. The maximum Gasteiger partial charge on any atom is 0.116 e. The molecule has 1 saturated carbocycles. The zero-order chi connectivity index (χ0) is 19.1. The summed E-state index contributed by atoms with van der Waals surface area (Å²) in [5, 5.41) is 13.6. The Morgan fingerprint density at radius 3 is 2.64 bits per heavy atom. The van der Waals surface area contributed by atoms with Crippen LogP contribution >= 0.6 is 0 Å². The predicted octanol–water partition coefficient (Wildman–Crippen LogP) is 4.05.